The quantitative estimate of drug-likeness (QED) is 0.720. The zero-order valence-corrected chi connectivity index (χ0v) is 15.1. The Morgan fingerprint density at radius 2 is 1.46 bits per heavy atom. The van der Waals surface area contributed by atoms with Gasteiger partial charge < -0.3 is 5.32 Å². The van der Waals surface area contributed by atoms with E-state index in [1.807, 2.05) is 26.8 Å². The molecule has 6 heteroatoms. The highest BCUT2D eigenvalue weighted by Crippen LogP contribution is 2.07. The molecule has 26 heavy (non-hydrogen) atoms. The molecule has 0 fully saturated rings. The molecule has 136 valence electrons. The van der Waals surface area contributed by atoms with Gasteiger partial charge in [0.1, 0.15) is 6.04 Å². The smallest absolute Gasteiger partial charge is 0.269 e. The Morgan fingerprint density at radius 1 is 0.808 bits per heavy atom. The summed E-state index contributed by atoms with van der Waals surface area (Å²) in [6.07, 6.45) is 0. The van der Waals surface area contributed by atoms with Gasteiger partial charge in [-0.05, 0) is 37.1 Å². The average molecular weight is 353 g/mol. The molecular formula is C20H23N3O3. The van der Waals surface area contributed by atoms with E-state index in [0.29, 0.717) is 11.1 Å². The van der Waals surface area contributed by atoms with Crippen molar-refractivity contribution in [1.82, 2.24) is 16.2 Å². The lowest BCUT2D eigenvalue weighted by atomic mass is 10.0. The first-order chi connectivity index (χ1) is 12.4. The highest BCUT2D eigenvalue weighted by Gasteiger charge is 2.25. The van der Waals surface area contributed by atoms with Gasteiger partial charge in [-0.2, -0.15) is 0 Å². The Hall–Kier alpha value is -3.15. The van der Waals surface area contributed by atoms with E-state index in [1.54, 1.807) is 48.5 Å². The number of rotatable bonds is 5. The van der Waals surface area contributed by atoms with E-state index in [-0.39, 0.29) is 11.8 Å². The summed E-state index contributed by atoms with van der Waals surface area (Å²) in [5.41, 5.74) is 6.61. The molecule has 6 nitrogen and oxygen atoms in total. The van der Waals surface area contributed by atoms with Gasteiger partial charge in [0.2, 0.25) is 0 Å². The van der Waals surface area contributed by atoms with Crippen LogP contribution in [0.3, 0.4) is 0 Å². The van der Waals surface area contributed by atoms with E-state index in [1.165, 1.54) is 0 Å². The third kappa shape index (κ3) is 5.17. The van der Waals surface area contributed by atoms with Crippen LogP contribution in [0.2, 0.25) is 0 Å². The summed E-state index contributed by atoms with van der Waals surface area (Å²) in [4.78, 5) is 36.8. The normalized spacial score (nSPS) is 11.5. The summed E-state index contributed by atoms with van der Waals surface area (Å²) >= 11 is 0. The molecule has 0 aliphatic carbocycles. The molecule has 0 unspecified atom stereocenters. The van der Waals surface area contributed by atoms with Crippen LogP contribution in [0.25, 0.3) is 0 Å². The van der Waals surface area contributed by atoms with E-state index < -0.39 is 17.9 Å². The van der Waals surface area contributed by atoms with Crippen LogP contribution in [0, 0.1) is 12.8 Å². The molecule has 2 aromatic carbocycles. The minimum atomic E-state index is -0.779. The lowest BCUT2D eigenvalue weighted by Gasteiger charge is -2.22. The maximum Gasteiger partial charge on any atom is 0.269 e. The first-order valence-corrected chi connectivity index (χ1v) is 8.41. The third-order valence-electron chi connectivity index (χ3n) is 3.85. The Kier molecular flexibility index (Phi) is 6.49. The molecule has 0 heterocycles. The summed E-state index contributed by atoms with van der Waals surface area (Å²) in [5.74, 6) is -1.40. The Labute approximate surface area is 153 Å². The van der Waals surface area contributed by atoms with Crippen LogP contribution >= 0.6 is 0 Å². The molecule has 0 saturated heterocycles. The largest absolute Gasteiger partial charge is 0.340 e. The average Bonchev–Trinajstić information content (AvgIpc) is 2.64. The zero-order chi connectivity index (χ0) is 19.1. The highest BCUT2D eigenvalue weighted by molar-refractivity contribution is 5.99. The Morgan fingerprint density at radius 3 is 2.08 bits per heavy atom. The van der Waals surface area contributed by atoms with Crippen molar-refractivity contribution in [3.05, 3.63) is 71.3 Å². The van der Waals surface area contributed by atoms with Crippen LogP contribution in [-0.2, 0) is 4.79 Å². The minimum Gasteiger partial charge on any atom is -0.340 e. The molecule has 1 atom stereocenters. The second-order valence-electron chi connectivity index (χ2n) is 6.37. The maximum atomic E-state index is 12.4. The van der Waals surface area contributed by atoms with Gasteiger partial charge in [-0.1, -0.05) is 49.7 Å². The van der Waals surface area contributed by atoms with E-state index in [9.17, 15) is 14.4 Å². The predicted molar refractivity (Wildman–Crippen MR) is 99.3 cm³/mol. The van der Waals surface area contributed by atoms with Gasteiger partial charge in [0, 0.05) is 11.1 Å². The molecule has 0 saturated carbocycles. The third-order valence-corrected chi connectivity index (χ3v) is 3.85. The Balaban J connectivity index is 1.99. The summed E-state index contributed by atoms with van der Waals surface area (Å²) in [6.45, 7) is 5.53. The van der Waals surface area contributed by atoms with Gasteiger partial charge in [-0.25, -0.2) is 0 Å². The number of nitrogens with one attached hydrogen (secondary N) is 3. The topological polar surface area (TPSA) is 87.3 Å². The fourth-order valence-corrected chi connectivity index (χ4v) is 2.40. The lowest BCUT2D eigenvalue weighted by molar-refractivity contribution is -0.124. The number of hydrogen-bond donors (Lipinski definition) is 3. The summed E-state index contributed by atoms with van der Waals surface area (Å²) in [7, 11) is 0. The van der Waals surface area contributed by atoms with Crippen LogP contribution in [0.1, 0.15) is 40.1 Å². The molecule has 0 aromatic heterocycles. The number of carbonyl (C=O) groups is 3. The second kappa shape index (κ2) is 8.80. The van der Waals surface area contributed by atoms with E-state index in [4.69, 9.17) is 0 Å². The van der Waals surface area contributed by atoms with Gasteiger partial charge in [0.05, 0.1) is 0 Å². The Bertz CT molecular complexity index is 788. The molecule has 2 aromatic rings. The minimum absolute atomic E-state index is 0.155. The summed E-state index contributed by atoms with van der Waals surface area (Å²) in [6, 6.07) is 14.9. The summed E-state index contributed by atoms with van der Waals surface area (Å²) in [5, 5.41) is 2.72. The first kappa shape index (κ1) is 19.2. The van der Waals surface area contributed by atoms with Crippen LogP contribution in [0.5, 0.6) is 0 Å². The molecule has 3 N–H and O–H groups in total. The van der Waals surface area contributed by atoms with Crippen molar-refractivity contribution in [2.24, 2.45) is 5.92 Å². The molecular weight excluding hydrogens is 330 g/mol. The molecule has 0 radical (unpaired) electrons. The van der Waals surface area contributed by atoms with Crippen molar-refractivity contribution in [2.75, 3.05) is 0 Å². The molecule has 0 aliphatic heterocycles. The van der Waals surface area contributed by atoms with Gasteiger partial charge >= 0.3 is 0 Å². The number of benzene rings is 2. The fraction of sp³-hybridized carbons (Fsp3) is 0.250. The number of hydrazine groups is 1. The van der Waals surface area contributed by atoms with Crippen LogP contribution in [0.4, 0.5) is 0 Å². The predicted octanol–water partition coefficient (Wildman–Crippen LogP) is 2.21. The number of hydrogen-bond acceptors (Lipinski definition) is 3. The fourth-order valence-electron chi connectivity index (χ4n) is 2.40. The number of amides is 3. The second-order valence-corrected chi connectivity index (χ2v) is 6.37. The van der Waals surface area contributed by atoms with Crippen molar-refractivity contribution in [3.8, 4) is 0 Å². The first-order valence-electron chi connectivity index (χ1n) is 8.41. The lowest BCUT2D eigenvalue weighted by Crippen LogP contribution is -2.54. The van der Waals surface area contributed by atoms with Crippen LogP contribution in [0.15, 0.2) is 54.6 Å². The molecule has 0 aliphatic rings. The standard InChI is InChI=1S/C20H23N3O3/c1-13(2)17(21-18(24)16-11-7-8-14(3)12-16)20(26)23-22-19(25)15-9-5-4-6-10-15/h4-13,17H,1-3H3,(H,21,24)(H,22,25)(H,23,26)/t17-/m0/s1. The maximum absolute atomic E-state index is 12.4. The highest BCUT2D eigenvalue weighted by atomic mass is 16.2. The zero-order valence-electron chi connectivity index (χ0n) is 15.1. The van der Waals surface area contributed by atoms with Gasteiger partial charge in [0.15, 0.2) is 0 Å². The van der Waals surface area contributed by atoms with Gasteiger partial charge in [-0.15, -0.1) is 0 Å². The molecule has 2 rings (SSSR count). The summed E-state index contributed by atoms with van der Waals surface area (Å²) < 4.78 is 0. The number of carbonyl (C=O) groups excluding carboxylic acids is 3. The van der Waals surface area contributed by atoms with E-state index in [2.05, 4.69) is 16.2 Å². The van der Waals surface area contributed by atoms with Crippen molar-refractivity contribution < 1.29 is 14.4 Å². The van der Waals surface area contributed by atoms with Crippen molar-refractivity contribution in [3.63, 3.8) is 0 Å². The molecule has 0 bridgehead atoms. The van der Waals surface area contributed by atoms with E-state index >= 15 is 0 Å². The van der Waals surface area contributed by atoms with Crippen LogP contribution < -0.4 is 16.2 Å². The van der Waals surface area contributed by atoms with Crippen molar-refractivity contribution >= 4 is 17.7 Å². The van der Waals surface area contributed by atoms with Crippen molar-refractivity contribution in [1.29, 1.82) is 0 Å². The van der Waals surface area contributed by atoms with Gasteiger partial charge in [-0.3, -0.25) is 25.2 Å². The van der Waals surface area contributed by atoms with E-state index in [0.717, 1.165) is 5.56 Å². The van der Waals surface area contributed by atoms with Crippen molar-refractivity contribution in [2.45, 2.75) is 26.8 Å². The number of aryl methyl sites for hydroxylation is 1. The molecule has 0 spiro atoms. The molecule has 3 amide bonds. The van der Waals surface area contributed by atoms with Crippen LogP contribution in [-0.4, -0.2) is 23.8 Å². The van der Waals surface area contributed by atoms with Gasteiger partial charge in [0.25, 0.3) is 17.7 Å². The SMILES string of the molecule is Cc1cccc(C(=O)N[C@H](C(=O)NNC(=O)c2ccccc2)C(C)C)c1. The monoisotopic (exact) mass is 353 g/mol.